The number of rotatable bonds is 9. The SMILES string of the molecule is N#Cc1ccc(O[C@H]2CC[C@H](NC(=O)c3ccc(N4CCC(CN5CCN(c6cc7c(cc6F)C(=O)N([C@@H]6CCC(=O)NC6=O)C7=O)CC5)CC4)nn3)CC2)cc1Cl. The van der Waals surface area contributed by atoms with Gasteiger partial charge in [0.15, 0.2) is 11.5 Å². The van der Waals surface area contributed by atoms with E-state index in [0.717, 1.165) is 74.9 Å². The van der Waals surface area contributed by atoms with Crippen LogP contribution in [0.15, 0.2) is 42.5 Å². The molecule has 15 nitrogen and oxygen atoms in total. The molecule has 0 unspecified atom stereocenters. The van der Waals surface area contributed by atoms with E-state index in [2.05, 4.69) is 30.6 Å². The van der Waals surface area contributed by atoms with E-state index in [1.807, 2.05) is 17.0 Å². The molecule has 58 heavy (non-hydrogen) atoms. The maximum atomic E-state index is 15.4. The minimum atomic E-state index is -1.10. The second-order valence-corrected chi connectivity index (χ2v) is 16.0. The highest BCUT2D eigenvalue weighted by Gasteiger charge is 2.45. The van der Waals surface area contributed by atoms with Crippen LogP contribution in [-0.2, 0) is 9.59 Å². The summed E-state index contributed by atoms with van der Waals surface area (Å²) in [7, 11) is 0. The van der Waals surface area contributed by atoms with E-state index in [-0.39, 0.29) is 53.4 Å². The van der Waals surface area contributed by atoms with Crippen molar-refractivity contribution in [1.82, 2.24) is 30.6 Å². The third kappa shape index (κ3) is 8.19. The summed E-state index contributed by atoms with van der Waals surface area (Å²) in [5, 5.41) is 23.4. The number of nitrogens with one attached hydrogen (secondary N) is 2. The van der Waals surface area contributed by atoms with E-state index < -0.39 is 35.5 Å². The van der Waals surface area contributed by atoms with E-state index in [1.54, 1.807) is 24.3 Å². The standard InChI is InChI=1S/C41H43ClFN9O6/c42-31-19-28(4-1-25(31)22-44)58-27-5-2-26(3-6-27)45-38(54)33-7-9-36(48-47-33)51-13-11-24(12-14-51)23-49-15-17-50(18-16-49)35-21-30-29(20-32(35)43)40(56)52(41(30)57)34-8-10-37(53)46-39(34)55/h1,4,7,9,19-21,24,26-27,34H,2-3,5-6,8,10-18,23H2,(H,45,54)(H,46,53,55)/t26-,27-,34-/m1/s1. The van der Waals surface area contributed by atoms with Crippen LogP contribution in [-0.4, -0.2) is 114 Å². The number of ether oxygens (including phenoxy) is 1. The lowest BCUT2D eigenvalue weighted by Crippen LogP contribution is -2.54. The van der Waals surface area contributed by atoms with E-state index in [1.165, 1.54) is 6.07 Å². The fourth-order valence-electron chi connectivity index (χ4n) is 8.65. The Morgan fingerprint density at radius 2 is 1.60 bits per heavy atom. The quantitative estimate of drug-likeness (QED) is 0.300. The van der Waals surface area contributed by atoms with Gasteiger partial charge < -0.3 is 19.9 Å². The molecule has 0 radical (unpaired) electrons. The fourth-order valence-corrected chi connectivity index (χ4v) is 8.87. The Bertz CT molecular complexity index is 2160. The monoisotopic (exact) mass is 811 g/mol. The Kier molecular flexibility index (Phi) is 11.3. The van der Waals surface area contributed by atoms with Crippen LogP contribution in [0.3, 0.4) is 0 Å². The van der Waals surface area contributed by atoms with Crippen LogP contribution in [0.4, 0.5) is 15.9 Å². The summed E-state index contributed by atoms with van der Waals surface area (Å²) in [5.41, 5.74) is 0.931. The largest absolute Gasteiger partial charge is 0.490 e. The minimum absolute atomic E-state index is 0.00529. The second-order valence-electron chi connectivity index (χ2n) is 15.6. The van der Waals surface area contributed by atoms with Gasteiger partial charge >= 0.3 is 0 Å². The summed E-state index contributed by atoms with van der Waals surface area (Å²) in [6, 6.07) is 12.1. The number of anilines is 2. The molecule has 4 fully saturated rings. The summed E-state index contributed by atoms with van der Waals surface area (Å²) in [5.74, 6) is -1.55. The normalized spacial score (nSPS) is 23.1. The van der Waals surface area contributed by atoms with E-state index in [4.69, 9.17) is 21.6 Å². The number of benzene rings is 2. The molecule has 3 aromatic rings. The van der Waals surface area contributed by atoms with E-state index >= 15 is 4.39 Å². The van der Waals surface area contributed by atoms with Gasteiger partial charge in [-0.1, -0.05) is 11.6 Å². The molecule has 3 saturated heterocycles. The first-order valence-electron chi connectivity index (χ1n) is 19.8. The number of hydrogen-bond acceptors (Lipinski definition) is 12. The molecule has 8 rings (SSSR count). The highest BCUT2D eigenvalue weighted by Crippen LogP contribution is 2.34. The van der Waals surface area contributed by atoms with Crippen LogP contribution in [0.5, 0.6) is 5.75 Å². The molecule has 1 aliphatic carbocycles. The van der Waals surface area contributed by atoms with Crippen molar-refractivity contribution in [1.29, 1.82) is 5.26 Å². The van der Waals surface area contributed by atoms with Gasteiger partial charge in [0.2, 0.25) is 11.8 Å². The van der Waals surface area contributed by atoms with Crippen LogP contribution < -0.4 is 25.2 Å². The van der Waals surface area contributed by atoms with Gasteiger partial charge in [-0.05, 0) is 87.3 Å². The van der Waals surface area contributed by atoms with Gasteiger partial charge in [0.25, 0.3) is 17.7 Å². The number of hydrogen-bond donors (Lipinski definition) is 2. The molecule has 0 bridgehead atoms. The van der Waals surface area contributed by atoms with Crippen molar-refractivity contribution < 1.29 is 33.1 Å². The minimum Gasteiger partial charge on any atom is -0.490 e. The molecule has 1 aromatic heterocycles. The van der Waals surface area contributed by atoms with Gasteiger partial charge in [0, 0.05) is 64.3 Å². The van der Waals surface area contributed by atoms with Gasteiger partial charge in [-0.25, -0.2) is 4.39 Å². The van der Waals surface area contributed by atoms with Crippen molar-refractivity contribution >= 4 is 52.6 Å². The number of imide groups is 2. The molecule has 1 saturated carbocycles. The van der Waals surface area contributed by atoms with E-state index in [9.17, 15) is 24.0 Å². The number of fused-ring (bicyclic) bond motifs is 1. The lowest BCUT2D eigenvalue weighted by Gasteiger charge is -2.39. The molecule has 1 atom stereocenters. The average Bonchev–Trinajstić information content (AvgIpc) is 3.46. The smallest absolute Gasteiger partial charge is 0.272 e. The Morgan fingerprint density at radius 1 is 0.879 bits per heavy atom. The van der Waals surface area contributed by atoms with Crippen molar-refractivity contribution in [3.05, 3.63) is 75.7 Å². The molecule has 5 amide bonds. The number of nitrogens with zero attached hydrogens (tertiary/aromatic N) is 7. The van der Waals surface area contributed by atoms with Gasteiger partial charge in [-0.2, -0.15) is 5.26 Å². The second kappa shape index (κ2) is 16.7. The van der Waals surface area contributed by atoms with Gasteiger partial charge in [-0.15, -0.1) is 10.2 Å². The first-order valence-corrected chi connectivity index (χ1v) is 20.2. The molecular formula is C41H43ClFN9O6. The zero-order valence-corrected chi connectivity index (χ0v) is 32.5. The molecule has 2 N–H and O–H groups in total. The molecule has 2 aromatic carbocycles. The highest BCUT2D eigenvalue weighted by molar-refractivity contribution is 6.31. The van der Waals surface area contributed by atoms with Gasteiger partial charge in [0.1, 0.15) is 23.7 Å². The maximum absolute atomic E-state index is 15.4. The molecule has 17 heteroatoms. The predicted molar refractivity (Wildman–Crippen MR) is 209 cm³/mol. The van der Waals surface area contributed by atoms with Crippen molar-refractivity contribution in [3.8, 4) is 11.8 Å². The van der Waals surface area contributed by atoms with Crippen LogP contribution in [0, 0.1) is 23.1 Å². The maximum Gasteiger partial charge on any atom is 0.272 e. The molecule has 5 heterocycles. The molecule has 302 valence electrons. The lowest BCUT2D eigenvalue weighted by atomic mass is 9.93. The lowest BCUT2D eigenvalue weighted by molar-refractivity contribution is -0.136. The van der Waals surface area contributed by atoms with Gasteiger partial charge in [-0.3, -0.25) is 39.1 Å². The van der Waals surface area contributed by atoms with Crippen LogP contribution in [0.1, 0.15) is 88.1 Å². The number of halogens is 2. The Morgan fingerprint density at radius 3 is 2.26 bits per heavy atom. The van der Waals surface area contributed by atoms with Crippen molar-refractivity contribution in [2.75, 3.05) is 55.6 Å². The molecular weight excluding hydrogens is 769 g/mol. The van der Waals surface area contributed by atoms with Gasteiger partial charge in [0.05, 0.1) is 33.5 Å². The number of nitriles is 1. The van der Waals surface area contributed by atoms with Crippen molar-refractivity contribution in [3.63, 3.8) is 0 Å². The number of amides is 5. The summed E-state index contributed by atoms with van der Waals surface area (Å²) in [4.78, 5) is 70.7. The third-order valence-corrected chi connectivity index (χ3v) is 12.2. The fraction of sp³-hybridized carbons (Fsp3) is 0.463. The topological polar surface area (TPSA) is 181 Å². The van der Waals surface area contributed by atoms with Crippen LogP contribution >= 0.6 is 11.6 Å². The highest BCUT2D eigenvalue weighted by atomic mass is 35.5. The Labute approximate surface area is 339 Å². The van der Waals surface area contributed by atoms with Crippen LogP contribution in [0.25, 0.3) is 0 Å². The molecule has 0 spiro atoms. The number of aromatic nitrogens is 2. The summed E-state index contributed by atoms with van der Waals surface area (Å²) in [6.07, 6.45) is 5.07. The van der Waals surface area contributed by atoms with E-state index in [0.29, 0.717) is 48.4 Å². The Hall–Kier alpha value is -5.66. The zero-order valence-electron chi connectivity index (χ0n) is 31.8. The van der Waals surface area contributed by atoms with Crippen LogP contribution in [0.2, 0.25) is 5.02 Å². The molecule has 4 aliphatic heterocycles. The zero-order chi connectivity index (χ0) is 40.5. The number of carbonyl (C=O) groups excluding carboxylic acids is 5. The third-order valence-electron chi connectivity index (χ3n) is 11.9. The predicted octanol–water partition coefficient (Wildman–Crippen LogP) is 3.70. The van der Waals surface area contributed by atoms with Crippen molar-refractivity contribution in [2.24, 2.45) is 5.92 Å². The summed E-state index contributed by atoms with van der Waals surface area (Å²) < 4.78 is 21.5. The number of piperidine rings is 2. The summed E-state index contributed by atoms with van der Waals surface area (Å²) >= 11 is 6.14. The first kappa shape index (κ1) is 39.2. The molecule has 5 aliphatic rings. The summed E-state index contributed by atoms with van der Waals surface area (Å²) in [6.45, 7) is 5.06. The number of piperazine rings is 1. The average molecular weight is 812 g/mol. The first-order chi connectivity index (χ1) is 28.0. The van der Waals surface area contributed by atoms with Crippen molar-refractivity contribution in [2.45, 2.75) is 69.6 Å². The number of carbonyl (C=O) groups is 5. The Balaban J connectivity index is 0.764.